The van der Waals surface area contributed by atoms with E-state index in [2.05, 4.69) is 5.32 Å². The number of benzene rings is 1. The molecule has 2 saturated heterocycles. The molecule has 0 aromatic heterocycles. The summed E-state index contributed by atoms with van der Waals surface area (Å²) < 4.78 is 32.5. The highest BCUT2D eigenvalue weighted by Gasteiger charge is 2.45. The lowest BCUT2D eigenvalue weighted by atomic mass is 10.1. The van der Waals surface area contributed by atoms with E-state index in [9.17, 15) is 13.2 Å². The summed E-state index contributed by atoms with van der Waals surface area (Å²) in [5, 5.41) is 3.34. The molecule has 0 bridgehead atoms. The van der Waals surface area contributed by atoms with E-state index in [1.165, 1.54) is 4.31 Å². The van der Waals surface area contributed by atoms with Gasteiger partial charge in [-0.2, -0.15) is 4.31 Å². The van der Waals surface area contributed by atoms with E-state index >= 15 is 0 Å². The summed E-state index contributed by atoms with van der Waals surface area (Å²) in [5.74, 6) is 0.180. The van der Waals surface area contributed by atoms with E-state index in [4.69, 9.17) is 16.3 Å². The molecule has 144 valence electrons. The maximum atomic E-state index is 12.6. The number of carbonyl (C=O) groups is 1. The van der Waals surface area contributed by atoms with Crippen molar-refractivity contribution in [2.45, 2.75) is 26.0 Å². The van der Waals surface area contributed by atoms with Gasteiger partial charge in [-0.3, -0.25) is 0 Å². The van der Waals surface area contributed by atoms with Crippen LogP contribution < -0.4 is 5.32 Å². The molecule has 0 saturated carbocycles. The van der Waals surface area contributed by atoms with Crippen LogP contribution in [0.4, 0.5) is 10.5 Å². The Labute approximate surface area is 159 Å². The smallest absolute Gasteiger partial charge is 0.321 e. The number of anilines is 1. The molecule has 2 aliphatic rings. The lowest BCUT2D eigenvalue weighted by molar-refractivity contribution is 0.0468. The summed E-state index contributed by atoms with van der Waals surface area (Å²) >= 11 is 5.95. The number of nitrogens with one attached hydrogen (secondary N) is 1. The summed E-state index contributed by atoms with van der Waals surface area (Å²) in [6.07, 6.45) is -0.309. The average Bonchev–Trinajstić information content (AvgIpc) is 2.91. The number of nitrogens with zero attached hydrogens (tertiary/aromatic N) is 2. The van der Waals surface area contributed by atoms with Crippen LogP contribution in [0.3, 0.4) is 0 Å². The number of amides is 2. The molecule has 26 heavy (non-hydrogen) atoms. The first-order valence-electron chi connectivity index (χ1n) is 8.69. The number of halogens is 1. The molecule has 0 aliphatic carbocycles. The Hall–Kier alpha value is -1.35. The summed E-state index contributed by atoms with van der Waals surface area (Å²) in [7, 11) is -3.39. The fraction of sp³-hybridized carbons (Fsp3) is 0.588. The number of sulfonamides is 1. The van der Waals surface area contributed by atoms with Crippen LogP contribution in [0.25, 0.3) is 0 Å². The predicted octanol–water partition coefficient (Wildman–Crippen LogP) is 2.24. The van der Waals surface area contributed by atoms with Gasteiger partial charge >= 0.3 is 6.03 Å². The van der Waals surface area contributed by atoms with Crippen LogP contribution in [0.1, 0.15) is 13.8 Å². The molecular weight excluding hydrogens is 378 g/mol. The molecule has 7 nitrogen and oxygen atoms in total. The van der Waals surface area contributed by atoms with Crippen molar-refractivity contribution in [3.05, 3.63) is 29.3 Å². The Morgan fingerprint density at radius 3 is 2.85 bits per heavy atom. The third kappa shape index (κ3) is 4.31. The Kier molecular flexibility index (Phi) is 5.76. The second-order valence-corrected chi connectivity index (χ2v) is 9.58. The van der Waals surface area contributed by atoms with Gasteiger partial charge in [-0.05, 0) is 24.1 Å². The predicted molar refractivity (Wildman–Crippen MR) is 101 cm³/mol. The highest BCUT2D eigenvalue weighted by molar-refractivity contribution is 7.89. The number of hydrogen-bond acceptors (Lipinski definition) is 4. The van der Waals surface area contributed by atoms with Gasteiger partial charge in [-0.1, -0.05) is 31.5 Å². The third-order valence-electron chi connectivity index (χ3n) is 4.55. The fourth-order valence-electron chi connectivity index (χ4n) is 3.37. The first-order chi connectivity index (χ1) is 12.3. The van der Waals surface area contributed by atoms with Crippen molar-refractivity contribution in [3.8, 4) is 0 Å². The van der Waals surface area contributed by atoms with Gasteiger partial charge in [0.2, 0.25) is 10.0 Å². The highest BCUT2D eigenvalue weighted by atomic mass is 35.5. The van der Waals surface area contributed by atoms with Crippen LogP contribution in [-0.4, -0.2) is 67.8 Å². The molecular formula is C17H24ClN3O4S. The number of ether oxygens (including phenoxy) is 1. The van der Waals surface area contributed by atoms with Gasteiger partial charge in [-0.15, -0.1) is 0 Å². The molecule has 2 fully saturated rings. The van der Waals surface area contributed by atoms with Crippen LogP contribution in [0, 0.1) is 5.92 Å². The average molecular weight is 402 g/mol. The van der Waals surface area contributed by atoms with Crippen molar-refractivity contribution in [3.63, 3.8) is 0 Å². The molecule has 0 radical (unpaired) electrons. The van der Waals surface area contributed by atoms with Crippen LogP contribution in [-0.2, 0) is 14.8 Å². The molecule has 9 heteroatoms. The third-order valence-corrected chi connectivity index (χ3v) is 6.60. The number of hydrogen-bond donors (Lipinski definition) is 1. The first kappa shape index (κ1) is 19.4. The standard InChI is InChI=1S/C17H24ClN3O4S/c1-12(2)9-21-15-10-20(11-16(15)25-6-7-26(21,23)24)17(22)19-14-5-3-4-13(18)8-14/h3-5,8,12,15-16H,6-7,9-11H2,1-2H3,(H,19,22)/t15-,16+/m1/s1. The molecule has 3 rings (SSSR count). The summed E-state index contributed by atoms with van der Waals surface area (Å²) in [5.41, 5.74) is 0.599. The topological polar surface area (TPSA) is 79.0 Å². The number of fused-ring (bicyclic) bond motifs is 1. The van der Waals surface area contributed by atoms with Crippen molar-refractivity contribution in [2.24, 2.45) is 5.92 Å². The van der Waals surface area contributed by atoms with E-state index in [1.807, 2.05) is 13.8 Å². The minimum Gasteiger partial charge on any atom is -0.374 e. The summed E-state index contributed by atoms with van der Waals surface area (Å²) in [6, 6.07) is 6.27. The zero-order valence-corrected chi connectivity index (χ0v) is 16.5. The molecule has 2 heterocycles. The largest absolute Gasteiger partial charge is 0.374 e. The lowest BCUT2D eigenvalue weighted by Gasteiger charge is -2.29. The number of carbonyl (C=O) groups excluding carboxylic acids is 1. The van der Waals surface area contributed by atoms with E-state index < -0.39 is 10.0 Å². The minimum atomic E-state index is -3.39. The normalized spacial score (nSPS) is 25.8. The monoisotopic (exact) mass is 401 g/mol. The van der Waals surface area contributed by atoms with Crippen molar-refractivity contribution in [2.75, 3.05) is 37.3 Å². The first-order valence-corrected chi connectivity index (χ1v) is 10.7. The van der Waals surface area contributed by atoms with Gasteiger partial charge in [0.15, 0.2) is 0 Å². The Balaban J connectivity index is 1.75. The van der Waals surface area contributed by atoms with Gasteiger partial charge in [0.05, 0.1) is 31.1 Å². The van der Waals surface area contributed by atoms with Crippen molar-refractivity contribution in [1.29, 1.82) is 0 Å². The van der Waals surface area contributed by atoms with Crippen LogP contribution in [0.5, 0.6) is 0 Å². The summed E-state index contributed by atoms with van der Waals surface area (Å²) in [4.78, 5) is 14.2. The van der Waals surface area contributed by atoms with Crippen molar-refractivity contribution in [1.82, 2.24) is 9.21 Å². The van der Waals surface area contributed by atoms with Crippen molar-refractivity contribution < 1.29 is 17.9 Å². The second-order valence-electron chi connectivity index (χ2n) is 7.10. The van der Waals surface area contributed by atoms with E-state index in [0.29, 0.717) is 30.3 Å². The zero-order chi connectivity index (χ0) is 18.9. The Morgan fingerprint density at radius 2 is 2.15 bits per heavy atom. The van der Waals surface area contributed by atoms with E-state index in [0.717, 1.165) is 0 Å². The zero-order valence-electron chi connectivity index (χ0n) is 14.9. The molecule has 1 aromatic rings. The van der Waals surface area contributed by atoms with Crippen LogP contribution in [0.15, 0.2) is 24.3 Å². The highest BCUT2D eigenvalue weighted by Crippen LogP contribution is 2.27. The van der Waals surface area contributed by atoms with E-state index in [-0.39, 0.29) is 36.5 Å². The molecule has 2 aliphatic heterocycles. The maximum absolute atomic E-state index is 12.6. The quantitative estimate of drug-likeness (QED) is 0.842. The van der Waals surface area contributed by atoms with Crippen molar-refractivity contribution >= 4 is 33.3 Å². The minimum absolute atomic E-state index is 0.0125. The van der Waals surface area contributed by atoms with Gasteiger partial charge in [0.1, 0.15) is 0 Å². The number of urea groups is 1. The van der Waals surface area contributed by atoms with Gasteiger partial charge in [-0.25, -0.2) is 13.2 Å². The molecule has 2 atom stereocenters. The molecule has 0 spiro atoms. The lowest BCUT2D eigenvalue weighted by Crippen LogP contribution is -2.47. The van der Waals surface area contributed by atoms with Gasteiger partial charge < -0.3 is 15.0 Å². The second kappa shape index (κ2) is 7.72. The SMILES string of the molecule is CC(C)CN1[C@@H]2CN(C(=O)Nc3cccc(Cl)c3)C[C@@H]2OCCS1(=O)=O. The fourth-order valence-corrected chi connectivity index (χ4v) is 5.24. The van der Waals surface area contributed by atoms with Crippen LogP contribution >= 0.6 is 11.6 Å². The Bertz CT molecular complexity index is 771. The molecule has 0 unspecified atom stereocenters. The molecule has 1 aromatic carbocycles. The molecule has 1 N–H and O–H groups in total. The Morgan fingerprint density at radius 1 is 1.38 bits per heavy atom. The van der Waals surface area contributed by atoms with Gasteiger partial charge in [0, 0.05) is 23.8 Å². The number of likely N-dealkylation sites (tertiary alicyclic amines) is 1. The van der Waals surface area contributed by atoms with E-state index in [1.54, 1.807) is 29.2 Å². The van der Waals surface area contributed by atoms with Gasteiger partial charge in [0.25, 0.3) is 0 Å². The molecule has 2 amide bonds. The summed E-state index contributed by atoms with van der Waals surface area (Å²) in [6.45, 7) is 5.21. The maximum Gasteiger partial charge on any atom is 0.321 e. The number of rotatable bonds is 3. The van der Waals surface area contributed by atoms with Crippen LogP contribution in [0.2, 0.25) is 5.02 Å².